The highest BCUT2D eigenvalue weighted by Crippen LogP contribution is 2.22. The van der Waals surface area contributed by atoms with Crippen molar-refractivity contribution in [2.75, 3.05) is 12.8 Å². The second kappa shape index (κ2) is 4.79. The summed E-state index contributed by atoms with van der Waals surface area (Å²) in [7, 11) is 1.61. The lowest BCUT2D eigenvalue weighted by Crippen LogP contribution is -2.05. The fraction of sp³-hybridized carbons (Fsp3) is 0.200. The van der Waals surface area contributed by atoms with Gasteiger partial charge >= 0.3 is 0 Å². The molecule has 16 heavy (non-hydrogen) atoms. The third-order valence-electron chi connectivity index (χ3n) is 1.97. The number of methoxy groups -OCH3 is 1. The van der Waals surface area contributed by atoms with Crippen molar-refractivity contribution < 1.29 is 9.15 Å². The van der Waals surface area contributed by atoms with Crippen LogP contribution in [-0.2, 0) is 11.3 Å². The average Bonchev–Trinajstić information content (AvgIpc) is 2.78. The Morgan fingerprint density at radius 2 is 2.31 bits per heavy atom. The highest BCUT2D eigenvalue weighted by molar-refractivity contribution is 14.1. The van der Waals surface area contributed by atoms with Gasteiger partial charge in [-0.15, -0.1) is 0 Å². The van der Waals surface area contributed by atoms with E-state index in [0.29, 0.717) is 24.0 Å². The molecule has 0 saturated heterocycles. The summed E-state index contributed by atoms with van der Waals surface area (Å²) in [5, 5.41) is 0. The fourth-order valence-electron chi connectivity index (χ4n) is 1.26. The monoisotopic (exact) mass is 331 g/mol. The number of hydrogen-bond donors (Lipinski definition) is 1. The highest BCUT2D eigenvalue weighted by atomic mass is 127. The maximum atomic E-state index is 5.80. The van der Waals surface area contributed by atoms with Gasteiger partial charge in [0.1, 0.15) is 5.82 Å². The van der Waals surface area contributed by atoms with E-state index < -0.39 is 0 Å². The van der Waals surface area contributed by atoms with Crippen LogP contribution >= 0.6 is 22.6 Å². The Hall–Kier alpha value is -1.15. The number of furan rings is 1. The summed E-state index contributed by atoms with van der Waals surface area (Å²) in [6, 6.07) is 3.57. The summed E-state index contributed by atoms with van der Waals surface area (Å²) in [4.78, 5) is 8.52. The summed E-state index contributed by atoms with van der Waals surface area (Å²) >= 11 is 2.10. The molecule has 84 valence electrons. The average molecular weight is 331 g/mol. The molecule has 0 aliphatic rings. The molecule has 0 amide bonds. The lowest BCUT2D eigenvalue weighted by molar-refractivity contribution is 0.181. The van der Waals surface area contributed by atoms with Crippen LogP contribution in [0, 0.1) is 3.57 Å². The number of nitrogens with zero attached hydrogens (tertiary/aromatic N) is 2. The predicted molar refractivity (Wildman–Crippen MR) is 67.6 cm³/mol. The Bertz CT molecular complexity index is 485. The summed E-state index contributed by atoms with van der Waals surface area (Å²) in [5.74, 6) is 1.52. The molecular weight excluding hydrogens is 321 g/mol. The van der Waals surface area contributed by atoms with Gasteiger partial charge in [-0.1, -0.05) is 0 Å². The summed E-state index contributed by atoms with van der Waals surface area (Å²) in [6.07, 6.45) is 1.57. The Balaban J connectivity index is 2.48. The number of ether oxygens (including phenoxy) is 1. The van der Waals surface area contributed by atoms with Crippen molar-refractivity contribution in [3.8, 4) is 11.6 Å². The van der Waals surface area contributed by atoms with Crippen LogP contribution in [-0.4, -0.2) is 17.1 Å². The minimum atomic E-state index is 0.401. The van der Waals surface area contributed by atoms with Gasteiger partial charge in [-0.2, -0.15) is 0 Å². The second-order valence-corrected chi connectivity index (χ2v) is 4.18. The maximum absolute atomic E-state index is 5.80. The highest BCUT2D eigenvalue weighted by Gasteiger charge is 2.12. The minimum absolute atomic E-state index is 0.401. The molecule has 0 bridgehead atoms. The van der Waals surface area contributed by atoms with Gasteiger partial charge in [0, 0.05) is 7.11 Å². The number of aromatic nitrogens is 2. The van der Waals surface area contributed by atoms with Crippen LogP contribution in [0.15, 0.2) is 22.8 Å². The molecule has 0 unspecified atom stereocenters. The van der Waals surface area contributed by atoms with Gasteiger partial charge in [-0.25, -0.2) is 9.97 Å². The van der Waals surface area contributed by atoms with Gasteiger partial charge in [0.05, 0.1) is 22.1 Å². The Labute approximate surface area is 106 Å². The maximum Gasteiger partial charge on any atom is 0.197 e. The number of halogens is 1. The van der Waals surface area contributed by atoms with Gasteiger partial charge in [-0.05, 0) is 34.7 Å². The molecule has 0 radical (unpaired) electrons. The number of nitrogen functional groups attached to an aromatic ring is 1. The van der Waals surface area contributed by atoms with Crippen LogP contribution in [0.3, 0.4) is 0 Å². The number of hydrogen-bond acceptors (Lipinski definition) is 5. The third-order valence-corrected chi connectivity index (χ3v) is 3.14. The molecule has 6 heteroatoms. The van der Waals surface area contributed by atoms with Crippen LogP contribution in [0.4, 0.5) is 5.82 Å². The van der Waals surface area contributed by atoms with Crippen molar-refractivity contribution in [2.24, 2.45) is 0 Å². The van der Waals surface area contributed by atoms with Crippen molar-refractivity contribution in [3.63, 3.8) is 0 Å². The van der Waals surface area contributed by atoms with Crippen molar-refractivity contribution in [3.05, 3.63) is 27.7 Å². The van der Waals surface area contributed by atoms with E-state index in [0.717, 1.165) is 9.26 Å². The van der Waals surface area contributed by atoms with Gasteiger partial charge in [0.25, 0.3) is 0 Å². The molecule has 2 rings (SSSR count). The topological polar surface area (TPSA) is 74.2 Å². The smallest absolute Gasteiger partial charge is 0.197 e. The van der Waals surface area contributed by atoms with Gasteiger partial charge < -0.3 is 14.9 Å². The third kappa shape index (κ3) is 2.17. The molecule has 0 aliphatic heterocycles. The first-order chi connectivity index (χ1) is 7.72. The molecule has 0 spiro atoms. The molecule has 5 nitrogen and oxygen atoms in total. The van der Waals surface area contributed by atoms with Crippen molar-refractivity contribution >= 4 is 28.4 Å². The minimum Gasteiger partial charge on any atom is -0.461 e. The second-order valence-electron chi connectivity index (χ2n) is 3.10. The van der Waals surface area contributed by atoms with E-state index in [1.807, 2.05) is 0 Å². The first-order valence-electron chi connectivity index (χ1n) is 4.57. The first kappa shape index (κ1) is 11.3. The van der Waals surface area contributed by atoms with Gasteiger partial charge in [-0.3, -0.25) is 0 Å². The van der Waals surface area contributed by atoms with Crippen LogP contribution in [0.25, 0.3) is 11.6 Å². The lowest BCUT2D eigenvalue weighted by Gasteiger charge is -2.06. The molecular formula is C10H10IN3O2. The zero-order valence-corrected chi connectivity index (χ0v) is 10.8. The van der Waals surface area contributed by atoms with Crippen molar-refractivity contribution in [1.82, 2.24) is 9.97 Å². The fourth-order valence-corrected chi connectivity index (χ4v) is 1.66. The van der Waals surface area contributed by atoms with Crippen LogP contribution < -0.4 is 5.73 Å². The molecule has 2 aromatic rings. The quantitative estimate of drug-likeness (QED) is 0.872. The Kier molecular flexibility index (Phi) is 3.39. The Morgan fingerprint density at radius 1 is 1.50 bits per heavy atom. The van der Waals surface area contributed by atoms with E-state index >= 15 is 0 Å². The van der Waals surface area contributed by atoms with Crippen molar-refractivity contribution in [1.29, 1.82) is 0 Å². The molecule has 2 heterocycles. The molecule has 2 N–H and O–H groups in total. The van der Waals surface area contributed by atoms with Crippen LogP contribution in [0.2, 0.25) is 0 Å². The first-order valence-corrected chi connectivity index (χ1v) is 5.65. The molecule has 0 saturated carbocycles. The lowest BCUT2D eigenvalue weighted by atomic mass is 10.3. The standard InChI is InChI=1S/C10H10IN3O2/c1-15-5-6-8(11)9(12)14-10(13-6)7-3-2-4-16-7/h2-4H,5H2,1H3,(H2,12,13,14). The number of rotatable bonds is 3. The van der Waals surface area contributed by atoms with E-state index in [2.05, 4.69) is 32.6 Å². The summed E-state index contributed by atoms with van der Waals surface area (Å²) < 4.78 is 11.1. The van der Waals surface area contributed by atoms with E-state index in [4.69, 9.17) is 14.9 Å². The SMILES string of the molecule is COCc1nc(-c2ccco2)nc(N)c1I. The molecule has 0 aliphatic carbocycles. The van der Waals surface area contributed by atoms with Gasteiger partial charge in [0.15, 0.2) is 11.6 Å². The van der Waals surface area contributed by atoms with E-state index in [1.54, 1.807) is 25.5 Å². The van der Waals surface area contributed by atoms with E-state index in [1.165, 1.54) is 0 Å². The van der Waals surface area contributed by atoms with Crippen molar-refractivity contribution in [2.45, 2.75) is 6.61 Å². The molecule has 0 fully saturated rings. The summed E-state index contributed by atoms with van der Waals surface area (Å²) in [5.41, 5.74) is 6.57. The summed E-state index contributed by atoms with van der Waals surface area (Å²) in [6.45, 7) is 0.401. The zero-order chi connectivity index (χ0) is 11.5. The molecule has 2 aromatic heterocycles. The zero-order valence-electron chi connectivity index (χ0n) is 8.61. The van der Waals surface area contributed by atoms with Crippen LogP contribution in [0.1, 0.15) is 5.69 Å². The molecule has 0 atom stereocenters. The Morgan fingerprint density at radius 3 is 2.94 bits per heavy atom. The molecule has 0 aromatic carbocycles. The largest absolute Gasteiger partial charge is 0.461 e. The van der Waals surface area contributed by atoms with E-state index in [9.17, 15) is 0 Å². The number of anilines is 1. The number of nitrogens with two attached hydrogens (primary N) is 1. The normalized spacial score (nSPS) is 10.6. The van der Waals surface area contributed by atoms with Crippen LogP contribution in [0.5, 0.6) is 0 Å². The van der Waals surface area contributed by atoms with Gasteiger partial charge in [0.2, 0.25) is 0 Å². The predicted octanol–water partition coefficient (Wildman–Crippen LogP) is 2.07. The van der Waals surface area contributed by atoms with E-state index in [-0.39, 0.29) is 0 Å².